The summed E-state index contributed by atoms with van der Waals surface area (Å²) in [6.45, 7) is 0. The molecule has 0 saturated heterocycles. The van der Waals surface area contributed by atoms with Gasteiger partial charge in [-0.2, -0.15) is 0 Å². The molecule has 1 aliphatic rings. The zero-order valence-electron chi connectivity index (χ0n) is 5.73. The Hall–Kier alpha value is -0.490. The van der Waals surface area contributed by atoms with E-state index in [4.69, 9.17) is 11.6 Å². The second-order valence-corrected chi connectivity index (χ2v) is 2.96. The van der Waals surface area contributed by atoms with Gasteiger partial charge in [0.1, 0.15) is 0 Å². The Balaban J connectivity index is 2.51. The van der Waals surface area contributed by atoms with Crippen LogP contribution in [-0.2, 0) is 18.7 Å². The molecule has 0 atom stereocenters. The molecule has 1 aromatic rings. The molecule has 0 amide bonds. The number of hydrogen-bond acceptors (Lipinski definition) is 0. The highest BCUT2D eigenvalue weighted by Crippen LogP contribution is 2.26. The van der Waals surface area contributed by atoms with E-state index in [0.717, 1.165) is 0 Å². The third kappa shape index (κ3) is 0.757. The van der Waals surface area contributed by atoms with Crippen molar-refractivity contribution in [2.45, 2.75) is 18.7 Å². The molecule has 0 fully saturated rings. The van der Waals surface area contributed by atoms with Crippen LogP contribution >= 0.6 is 11.6 Å². The minimum absolute atomic E-state index is 0.670. The fourth-order valence-corrected chi connectivity index (χ4v) is 1.70. The minimum atomic E-state index is 0.670. The van der Waals surface area contributed by atoms with Gasteiger partial charge in [-0.1, -0.05) is 18.2 Å². The molecule has 1 aromatic carbocycles. The lowest BCUT2D eigenvalue weighted by molar-refractivity contribution is 0.825. The second kappa shape index (κ2) is 2.28. The Morgan fingerprint density at radius 1 is 1.30 bits per heavy atom. The highest BCUT2D eigenvalue weighted by molar-refractivity contribution is 6.17. The lowest BCUT2D eigenvalue weighted by Gasteiger charge is -2.20. The van der Waals surface area contributed by atoms with E-state index in [-0.39, 0.29) is 0 Å². The SMILES string of the molecule is ClCc1cccc2c1CC2. The summed E-state index contributed by atoms with van der Waals surface area (Å²) in [7, 11) is 0. The van der Waals surface area contributed by atoms with Crippen molar-refractivity contribution in [2.75, 3.05) is 0 Å². The second-order valence-electron chi connectivity index (χ2n) is 2.69. The Bertz CT molecular complexity index is 253. The van der Waals surface area contributed by atoms with Crippen molar-refractivity contribution in [3.8, 4) is 0 Å². The molecule has 0 unspecified atom stereocenters. The lowest BCUT2D eigenvalue weighted by atomic mass is 9.85. The molecular weight excluding hydrogens is 144 g/mol. The Kier molecular flexibility index (Phi) is 1.42. The maximum atomic E-state index is 5.74. The van der Waals surface area contributed by atoms with Gasteiger partial charge in [0.15, 0.2) is 0 Å². The van der Waals surface area contributed by atoms with E-state index in [1.807, 2.05) is 0 Å². The predicted molar refractivity (Wildman–Crippen MR) is 43.4 cm³/mol. The first-order valence-corrected chi connectivity index (χ1v) is 4.11. The topological polar surface area (TPSA) is 0 Å². The third-order valence-corrected chi connectivity index (χ3v) is 2.45. The number of halogens is 1. The van der Waals surface area contributed by atoms with E-state index in [1.165, 1.54) is 29.5 Å². The van der Waals surface area contributed by atoms with Crippen molar-refractivity contribution in [1.29, 1.82) is 0 Å². The van der Waals surface area contributed by atoms with Crippen LogP contribution < -0.4 is 0 Å². The van der Waals surface area contributed by atoms with Gasteiger partial charge in [-0.15, -0.1) is 11.6 Å². The van der Waals surface area contributed by atoms with Gasteiger partial charge in [0.25, 0.3) is 0 Å². The lowest BCUT2D eigenvalue weighted by Crippen LogP contribution is -2.10. The van der Waals surface area contributed by atoms with Gasteiger partial charge in [0, 0.05) is 5.88 Å². The van der Waals surface area contributed by atoms with Gasteiger partial charge in [0.05, 0.1) is 0 Å². The first kappa shape index (κ1) is 6.23. The fraction of sp³-hybridized carbons (Fsp3) is 0.333. The molecule has 0 aliphatic heterocycles. The summed E-state index contributed by atoms with van der Waals surface area (Å²) in [5.74, 6) is 0.670. The summed E-state index contributed by atoms with van der Waals surface area (Å²) in [5.41, 5.74) is 4.32. The zero-order chi connectivity index (χ0) is 6.97. The molecule has 52 valence electrons. The Labute approximate surface area is 65.8 Å². The van der Waals surface area contributed by atoms with Crippen LogP contribution in [0, 0.1) is 0 Å². The number of hydrogen-bond donors (Lipinski definition) is 0. The summed E-state index contributed by atoms with van der Waals surface area (Å²) in [5, 5.41) is 0. The van der Waals surface area contributed by atoms with Gasteiger partial charge in [-0.25, -0.2) is 0 Å². The molecule has 0 aromatic heterocycles. The molecule has 0 bridgehead atoms. The zero-order valence-corrected chi connectivity index (χ0v) is 6.49. The van der Waals surface area contributed by atoms with Gasteiger partial charge >= 0.3 is 0 Å². The third-order valence-electron chi connectivity index (χ3n) is 2.16. The van der Waals surface area contributed by atoms with Crippen LogP contribution in [-0.4, -0.2) is 0 Å². The monoisotopic (exact) mass is 152 g/mol. The van der Waals surface area contributed by atoms with Crippen molar-refractivity contribution in [1.82, 2.24) is 0 Å². The average Bonchev–Trinajstić information content (AvgIpc) is 1.91. The Morgan fingerprint density at radius 3 is 2.70 bits per heavy atom. The molecule has 10 heavy (non-hydrogen) atoms. The van der Waals surface area contributed by atoms with Gasteiger partial charge in [-0.05, 0) is 29.5 Å². The average molecular weight is 153 g/mol. The number of fused-ring (bicyclic) bond motifs is 1. The van der Waals surface area contributed by atoms with Crippen LogP contribution in [0.5, 0.6) is 0 Å². The van der Waals surface area contributed by atoms with Crippen molar-refractivity contribution >= 4 is 11.6 Å². The molecule has 0 spiro atoms. The van der Waals surface area contributed by atoms with Crippen LogP contribution in [0.25, 0.3) is 0 Å². The molecule has 0 heterocycles. The van der Waals surface area contributed by atoms with Crippen molar-refractivity contribution in [3.05, 3.63) is 34.9 Å². The van der Waals surface area contributed by atoms with E-state index in [2.05, 4.69) is 18.2 Å². The smallest absolute Gasteiger partial charge is 0.0476 e. The maximum absolute atomic E-state index is 5.74. The Morgan fingerprint density at radius 2 is 2.20 bits per heavy atom. The molecule has 0 nitrogen and oxygen atoms in total. The van der Waals surface area contributed by atoms with Gasteiger partial charge < -0.3 is 0 Å². The van der Waals surface area contributed by atoms with E-state index < -0.39 is 0 Å². The van der Waals surface area contributed by atoms with E-state index in [0.29, 0.717) is 5.88 Å². The largest absolute Gasteiger partial charge is 0.122 e. The fourth-order valence-electron chi connectivity index (χ4n) is 1.45. The summed E-state index contributed by atoms with van der Waals surface area (Å²) in [6.07, 6.45) is 2.48. The van der Waals surface area contributed by atoms with E-state index >= 15 is 0 Å². The van der Waals surface area contributed by atoms with E-state index in [1.54, 1.807) is 0 Å². The van der Waals surface area contributed by atoms with Crippen molar-refractivity contribution < 1.29 is 0 Å². The van der Waals surface area contributed by atoms with Crippen LogP contribution in [0.4, 0.5) is 0 Å². The van der Waals surface area contributed by atoms with Crippen LogP contribution in [0.2, 0.25) is 0 Å². The molecule has 0 radical (unpaired) electrons. The molecule has 1 heteroatoms. The number of benzene rings is 1. The normalized spacial score (nSPS) is 14.1. The maximum Gasteiger partial charge on any atom is 0.0476 e. The van der Waals surface area contributed by atoms with Crippen molar-refractivity contribution in [3.63, 3.8) is 0 Å². The number of alkyl halides is 1. The first-order valence-electron chi connectivity index (χ1n) is 3.57. The molecular formula is C9H9Cl. The number of aryl methyl sites for hydroxylation is 1. The van der Waals surface area contributed by atoms with Crippen LogP contribution in [0.1, 0.15) is 16.7 Å². The summed E-state index contributed by atoms with van der Waals surface area (Å²) < 4.78 is 0. The highest BCUT2D eigenvalue weighted by Gasteiger charge is 2.14. The van der Waals surface area contributed by atoms with Gasteiger partial charge in [-0.3, -0.25) is 0 Å². The molecule has 0 saturated carbocycles. The molecule has 2 rings (SSSR count). The first-order chi connectivity index (χ1) is 4.92. The van der Waals surface area contributed by atoms with Crippen LogP contribution in [0.3, 0.4) is 0 Å². The molecule has 1 aliphatic carbocycles. The summed E-state index contributed by atoms with van der Waals surface area (Å²) >= 11 is 5.74. The summed E-state index contributed by atoms with van der Waals surface area (Å²) in [4.78, 5) is 0. The van der Waals surface area contributed by atoms with Crippen molar-refractivity contribution in [2.24, 2.45) is 0 Å². The van der Waals surface area contributed by atoms with Crippen LogP contribution in [0.15, 0.2) is 18.2 Å². The molecule has 0 N–H and O–H groups in total. The predicted octanol–water partition coefficient (Wildman–Crippen LogP) is 2.52. The van der Waals surface area contributed by atoms with Gasteiger partial charge in [0.2, 0.25) is 0 Å². The highest BCUT2D eigenvalue weighted by atomic mass is 35.5. The standard InChI is InChI=1S/C9H9Cl/c10-6-8-3-1-2-7-4-5-9(7)8/h1-3H,4-6H2. The number of rotatable bonds is 1. The summed E-state index contributed by atoms with van der Waals surface area (Å²) in [6, 6.07) is 6.40. The quantitative estimate of drug-likeness (QED) is 0.543. The van der Waals surface area contributed by atoms with E-state index in [9.17, 15) is 0 Å². The minimum Gasteiger partial charge on any atom is -0.122 e.